The van der Waals surface area contributed by atoms with E-state index in [1.54, 1.807) is 4.90 Å². The van der Waals surface area contributed by atoms with Crippen LogP contribution in [0.1, 0.15) is 42.7 Å². The molecular formula is C27H31ClF2N2O2. The number of amides is 1. The van der Waals surface area contributed by atoms with Crippen molar-refractivity contribution >= 4 is 23.6 Å². The van der Waals surface area contributed by atoms with Gasteiger partial charge in [0.05, 0.1) is 6.10 Å². The molecule has 1 amide bonds. The van der Waals surface area contributed by atoms with E-state index in [-0.39, 0.29) is 11.8 Å². The third-order valence-corrected chi connectivity index (χ3v) is 7.32. The first kappa shape index (κ1) is 24.8. The van der Waals surface area contributed by atoms with Gasteiger partial charge < -0.3 is 14.9 Å². The Balaban J connectivity index is 1.20. The van der Waals surface area contributed by atoms with Crippen molar-refractivity contribution in [2.45, 2.75) is 37.7 Å². The predicted molar refractivity (Wildman–Crippen MR) is 131 cm³/mol. The number of halogens is 3. The molecule has 4 rings (SSSR count). The highest BCUT2D eigenvalue weighted by Crippen LogP contribution is 2.30. The number of β-amino-alcohol motifs (C(OH)–C–C–N with tert-alkyl or cyclic N) is 1. The average molecular weight is 489 g/mol. The Labute approximate surface area is 204 Å². The molecule has 34 heavy (non-hydrogen) atoms. The number of hydrogen-bond donors (Lipinski definition) is 1. The molecule has 0 spiro atoms. The van der Waals surface area contributed by atoms with E-state index in [4.69, 9.17) is 11.6 Å². The SMILES string of the molecule is O=C(/C=C/c1cc(F)cc(F)c1)N1CCC(C(O)CN2CCC(c3ccc(Cl)cc3)CC2)CC1. The predicted octanol–water partition coefficient (Wildman–Crippen LogP) is 5.11. The summed E-state index contributed by atoms with van der Waals surface area (Å²) in [5.41, 5.74) is 1.65. The van der Waals surface area contributed by atoms with E-state index in [0.717, 1.165) is 49.9 Å². The number of hydrogen-bond acceptors (Lipinski definition) is 3. The molecule has 1 atom stereocenters. The molecule has 2 heterocycles. The third-order valence-electron chi connectivity index (χ3n) is 7.07. The van der Waals surface area contributed by atoms with Gasteiger partial charge in [-0.2, -0.15) is 0 Å². The van der Waals surface area contributed by atoms with Gasteiger partial charge in [-0.05, 0) is 92.1 Å². The Bertz CT molecular complexity index is 978. The van der Waals surface area contributed by atoms with Crippen molar-refractivity contribution in [1.82, 2.24) is 9.80 Å². The maximum Gasteiger partial charge on any atom is 0.246 e. The summed E-state index contributed by atoms with van der Waals surface area (Å²) in [7, 11) is 0. The van der Waals surface area contributed by atoms with Crippen LogP contribution in [0.25, 0.3) is 6.08 Å². The van der Waals surface area contributed by atoms with Gasteiger partial charge in [-0.1, -0.05) is 23.7 Å². The van der Waals surface area contributed by atoms with Crippen molar-refractivity contribution in [3.8, 4) is 0 Å². The second-order valence-corrected chi connectivity index (χ2v) is 9.83. The van der Waals surface area contributed by atoms with E-state index in [2.05, 4.69) is 17.0 Å². The lowest BCUT2D eigenvalue weighted by molar-refractivity contribution is -0.128. The van der Waals surface area contributed by atoms with Gasteiger partial charge in [-0.15, -0.1) is 0 Å². The van der Waals surface area contributed by atoms with Crippen LogP contribution in [0.4, 0.5) is 8.78 Å². The van der Waals surface area contributed by atoms with E-state index in [1.165, 1.54) is 29.8 Å². The number of nitrogens with zero attached hydrogens (tertiary/aromatic N) is 2. The highest BCUT2D eigenvalue weighted by molar-refractivity contribution is 6.30. The second-order valence-electron chi connectivity index (χ2n) is 9.39. The number of rotatable bonds is 6. The average Bonchev–Trinajstić information content (AvgIpc) is 2.83. The second kappa shape index (κ2) is 11.4. The smallest absolute Gasteiger partial charge is 0.246 e. The molecule has 0 saturated carbocycles. The molecule has 2 aromatic rings. The van der Waals surface area contributed by atoms with Crippen LogP contribution in [-0.2, 0) is 4.79 Å². The zero-order chi connectivity index (χ0) is 24.1. The van der Waals surface area contributed by atoms with Crippen LogP contribution >= 0.6 is 11.6 Å². The Hall–Kier alpha value is -2.28. The van der Waals surface area contributed by atoms with E-state index in [9.17, 15) is 18.7 Å². The monoisotopic (exact) mass is 488 g/mol. The van der Waals surface area contributed by atoms with Crippen LogP contribution in [0.15, 0.2) is 48.5 Å². The lowest BCUT2D eigenvalue weighted by Gasteiger charge is -2.38. The number of piperidine rings is 2. The molecule has 2 aliphatic rings. The zero-order valence-corrected chi connectivity index (χ0v) is 19.9. The summed E-state index contributed by atoms with van der Waals surface area (Å²) >= 11 is 6.00. The molecule has 1 unspecified atom stereocenters. The fraction of sp³-hybridized carbons (Fsp3) is 0.444. The van der Waals surface area contributed by atoms with Gasteiger partial charge >= 0.3 is 0 Å². The molecule has 4 nitrogen and oxygen atoms in total. The number of carbonyl (C=O) groups is 1. The fourth-order valence-electron chi connectivity index (χ4n) is 5.05. The van der Waals surface area contributed by atoms with Crippen molar-refractivity contribution in [3.63, 3.8) is 0 Å². The van der Waals surface area contributed by atoms with Crippen LogP contribution in [0, 0.1) is 17.6 Å². The topological polar surface area (TPSA) is 43.8 Å². The maximum atomic E-state index is 13.3. The lowest BCUT2D eigenvalue weighted by atomic mass is 9.88. The van der Waals surface area contributed by atoms with Crippen molar-refractivity contribution in [1.29, 1.82) is 0 Å². The van der Waals surface area contributed by atoms with Gasteiger partial charge in [0.15, 0.2) is 0 Å². The van der Waals surface area contributed by atoms with Gasteiger partial charge in [0.2, 0.25) is 5.91 Å². The molecular weight excluding hydrogens is 458 g/mol. The zero-order valence-electron chi connectivity index (χ0n) is 19.2. The van der Waals surface area contributed by atoms with Crippen LogP contribution in [0.5, 0.6) is 0 Å². The Morgan fingerprint density at radius 2 is 1.62 bits per heavy atom. The van der Waals surface area contributed by atoms with Crippen LogP contribution in [0.2, 0.25) is 5.02 Å². The Morgan fingerprint density at radius 1 is 1.00 bits per heavy atom. The standard InChI is InChI=1S/C27H31ClF2N2O2/c28-23-4-2-20(3-5-23)21-7-11-31(12-8-21)18-26(33)22-9-13-32(14-10-22)27(34)6-1-19-15-24(29)17-25(30)16-19/h1-6,15-17,21-22,26,33H,7-14,18H2/b6-1+. The highest BCUT2D eigenvalue weighted by atomic mass is 35.5. The van der Waals surface area contributed by atoms with Gasteiger partial charge in [-0.3, -0.25) is 4.79 Å². The molecule has 7 heteroatoms. The third kappa shape index (κ3) is 6.65. The minimum Gasteiger partial charge on any atom is -0.392 e. The first-order valence-corrected chi connectivity index (χ1v) is 12.3. The van der Waals surface area contributed by atoms with Crippen molar-refractivity contribution in [2.75, 3.05) is 32.7 Å². The minimum absolute atomic E-state index is 0.166. The molecule has 0 radical (unpaired) electrons. The van der Waals surface area contributed by atoms with Gasteiger partial charge in [0.1, 0.15) is 11.6 Å². The summed E-state index contributed by atoms with van der Waals surface area (Å²) in [4.78, 5) is 16.5. The summed E-state index contributed by atoms with van der Waals surface area (Å²) in [6.07, 6.45) is 6.02. The molecule has 0 bridgehead atoms. The van der Waals surface area contributed by atoms with Crippen LogP contribution in [-0.4, -0.2) is 59.6 Å². The van der Waals surface area contributed by atoms with Gasteiger partial charge in [-0.25, -0.2) is 8.78 Å². The summed E-state index contributed by atoms with van der Waals surface area (Å²) in [6.45, 7) is 3.74. The van der Waals surface area contributed by atoms with E-state index < -0.39 is 17.7 Å². The van der Waals surface area contributed by atoms with Gasteiger partial charge in [0, 0.05) is 36.8 Å². The number of likely N-dealkylation sites (tertiary alicyclic amines) is 2. The summed E-state index contributed by atoms with van der Waals surface area (Å²) in [6, 6.07) is 11.3. The van der Waals surface area contributed by atoms with E-state index in [0.29, 0.717) is 31.1 Å². The Morgan fingerprint density at radius 3 is 2.24 bits per heavy atom. The van der Waals surface area contributed by atoms with E-state index in [1.807, 2.05) is 12.1 Å². The summed E-state index contributed by atoms with van der Waals surface area (Å²) in [5.74, 6) is -0.815. The van der Waals surface area contributed by atoms with Crippen LogP contribution in [0.3, 0.4) is 0 Å². The lowest BCUT2D eigenvalue weighted by Crippen LogP contribution is -2.45. The summed E-state index contributed by atoms with van der Waals surface area (Å²) in [5, 5.41) is 11.6. The molecule has 0 aliphatic carbocycles. The molecule has 0 aromatic heterocycles. The molecule has 2 aliphatic heterocycles. The van der Waals surface area contributed by atoms with Crippen molar-refractivity contribution in [2.24, 2.45) is 5.92 Å². The quantitative estimate of drug-likeness (QED) is 0.575. The number of benzene rings is 2. The number of aliphatic hydroxyl groups excluding tert-OH is 1. The van der Waals surface area contributed by atoms with Crippen molar-refractivity contribution in [3.05, 3.63) is 76.3 Å². The Kier molecular flexibility index (Phi) is 8.35. The number of carbonyl (C=O) groups excluding carboxylic acids is 1. The van der Waals surface area contributed by atoms with Crippen LogP contribution < -0.4 is 0 Å². The fourth-order valence-corrected chi connectivity index (χ4v) is 5.17. The molecule has 2 aromatic carbocycles. The first-order chi connectivity index (χ1) is 16.4. The number of aliphatic hydroxyl groups is 1. The first-order valence-electron chi connectivity index (χ1n) is 12.0. The van der Waals surface area contributed by atoms with Crippen molar-refractivity contribution < 1.29 is 18.7 Å². The largest absolute Gasteiger partial charge is 0.392 e. The highest BCUT2D eigenvalue weighted by Gasteiger charge is 2.29. The normalized spacial score (nSPS) is 19.6. The summed E-state index contributed by atoms with van der Waals surface area (Å²) < 4.78 is 26.6. The van der Waals surface area contributed by atoms with E-state index >= 15 is 0 Å². The molecule has 2 fully saturated rings. The molecule has 1 N–H and O–H groups in total. The maximum absolute atomic E-state index is 13.3. The minimum atomic E-state index is -0.670. The molecule has 182 valence electrons. The van der Waals surface area contributed by atoms with Gasteiger partial charge in [0.25, 0.3) is 0 Å². The molecule has 2 saturated heterocycles.